The molecule has 116 valence electrons. The Balaban J connectivity index is 1.68. The van der Waals surface area contributed by atoms with Crippen molar-refractivity contribution in [1.29, 1.82) is 0 Å². The predicted molar refractivity (Wildman–Crippen MR) is 80.7 cm³/mol. The number of fused-ring (bicyclic) bond motifs is 1. The van der Waals surface area contributed by atoms with Gasteiger partial charge in [-0.1, -0.05) is 6.07 Å². The minimum Gasteiger partial charge on any atom is -0.490 e. The Morgan fingerprint density at radius 1 is 1.23 bits per heavy atom. The summed E-state index contributed by atoms with van der Waals surface area (Å²) >= 11 is 0. The normalized spacial score (nSPS) is 18.0. The molecule has 0 radical (unpaired) electrons. The van der Waals surface area contributed by atoms with Crippen molar-refractivity contribution in [1.82, 2.24) is 10.2 Å². The van der Waals surface area contributed by atoms with Crippen LogP contribution in [0.1, 0.15) is 12.0 Å². The number of ether oxygens (including phenoxy) is 2. The highest BCUT2D eigenvalue weighted by atomic mass is 16.5. The first-order valence-corrected chi connectivity index (χ1v) is 7.36. The van der Waals surface area contributed by atoms with Gasteiger partial charge in [0.2, 0.25) is 11.8 Å². The van der Waals surface area contributed by atoms with Crippen LogP contribution in [0.3, 0.4) is 0 Å². The number of amides is 2. The summed E-state index contributed by atoms with van der Waals surface area (Å²) in [6.07, 6.45) is 4.07. The van der Waals surface area contributed by atoms with Crippen molar-refractivity contribution in [3.05, 3.63) is 29.8 Å². The van der Waals surface area contributed by atoms with Gasteiger partial charge in [0.1, 0.15) is 0 Å². The molecule has 1 N–H and O–H groups in total. The smallest absolute Gasteiger partial charge is 0.247 e. The Hall–Kier alpha value is -2.50. The molecule has 2 heterocycles. The average molecular weight is 302 g/mol. The summed E-state index contributed by atoms with van der Waals surface area (Å²) in [5, 5.41) is 2.69. The van der Waals surface area contributed by atoms with Gasteiger partial charge in [0, 0.05) is 25.6 Å². The van der Waals surface area contributed by atoms with Crippen molar-refractivity contribution in [3.63, 3.8) is 0 Å². The average Bonchev–Trinajstić information content (AvgIpc) is 2.77. The number of nitrogens with zero attached hydrogens (tertiary/aromatic N) is 1. The molecule has 0 bridgehead atoms. The van der Waals surface area contributed by atoms with E-state index in [9.17, 15) is 9.59 Å². The second-order valence-electron chi connectivity index (χ2n) is 5.20. The summed E-state index contributed by atoms with van der Waals surface area (Å²) in [6, 6.07) is 5.58. The van der Waals surface area contributed by atoms with E-state index < -0.39 is 0 Å². The Morgan fingerprint density at radius 2 is 2.05 bits per heavy atom. The van der Waals surface area contributed by atoms with Gasteiger partial charge in [-0.3, -0.25) is 9.59 Å². The summed E-state index contributed by atoms with van der Waals surface area (Å²) < 4.78 is 11.2. The molecule has 0 atom stereocenters. The molecule has 6 heteroatoms. The first-order valence-electron chi connectivity index (χ1n) is 7.36. The lowest BCUT2D eigenvalue weighted by Gasteiger charge is -2.25. The Morgan fingerprint density at radius 3 is 2.86 bits per heavy atom. The maximum absolute atomic E-state index is 12.1. The van der Waals surface area contributed by atoms with E-state index in [-0.39, 0.29) is 18.4 Å². The van der Waals surface area contributed by atoms with E-state index in [1.807, 2.05) is 18.2 Å². The van der Waals surface area contributed by atoms with Gasteiger partial charge in [0.05, 0.1) is 19.8 Å². The molecule has 0 aromatic heterocycles. The summed E-state index contributed by atoms with van der Waals surface area (Å²) in [5.74, 6) is 1.14. The zero-order valence-electron chi connectivity index (χ0n) is 12.2. The highest BCUT2D eigenvalue weighted by Crippen LogP contribution is 2.30. The minimum atomic E-state index is -0.165. The molecule has 0 aliphatic carbocycles. The number of nitrogens with one attached hydrogen (secondary N) is 1. The minimum absolute atomic E-state index is 0.115. The van der Waals surface area contributed by atoms with E-state index in [2.05, 4.69) is 5.32 Å². The van der Waals surface area contributed by atoms with Crippen LogP contribution in [0.2, 0.25) is 0 Å². The lowest BCUT2D eigenvalue weighted by Crippen LogP contribution is -2.49. The Labute approximate surface area is 128 Å². The number of benzene rings is 1. The second kappa shape index (κ2) is 6.51. The third-order valence-corrected chi connectivity index (χ3v) is 3.54. The summed E-state index contributed by atoms with van der Waals surface area (Å²) in [7, 11) is 0. The van der Waals surface area contributed by atoms with Crippen LogP contribution < -0.4 is 14.8 Å². The van der Waals surface area contributed by atoms with Crippen LogP contribution in [-0.2, 0) is 9.59 Å². The maximum Gasteiger partial charge on any atom is 0.247 e. The monoisotopic (exact) mass is 302 g/mol. The van der Waals surface area contributed by atoms with E-state index in [0.717, 1.165) is 17.7 Å². The summed E-state index contributed by atoms with van der Waals surface area (Å²) in [6.45, 7) is 2.43. The fourth-order valence-electron chi connectivity index (χ4n) is 2.38. The fourth-order valence-corrected chi connectivity index (χ4v) is 2.38. The van der Waals surface area contributed by atoms with Crippen molar-refractivity contribution >= 4 is 17.9 Å². The number of carbonyl (C=O) groups excluding carboxylic acids is 2. The Bertz CT molecular complexity index is 612. The van der Waals surface area contributed by atoms with Crippen molar-refractivity contribution in [2.24, 2.45) is 0 Å². The molecule has 1 aromatic rings. The second-order valence-corrected chi connectivity index (χ2v) is 5.20. The molecule has 0 saturated carbocycles. The van der Waals surface area contributed by atoms with Gasteiger partial charge in [0.25, 0.3) is 0 Å². The van der Waals surface area contributed by atoms with Crippen molar-refractivity contribution < 1.29 is 19.1 Å². The third kappa shape index (κ3) is 3.39. The van der Waals surface area contributed by atoms with E-state index in [1.54, 1.807) is 6.08 Å². The zero-order valence-corrected chi connectivity index (χ0v) is 12.2. The zero-order chi connectivity index (χ0) is 15.4. The van der Waals surface area contributed by atoms with Gasteiger partial charge >= 0.3 is 0 Å². The molecule has 22 heavy (non-hydrogen) atoms. The first-order chi connectivity index (χ1) is 10.7. The summed E-state index contributed by atoms with van der Waals surface area (Å²) in [5.41, 5.74) is 0.860. The molecular formula is C16H18N2O4. The van der Waals surface area contributed by atoms with Crippen LogP contribution in [-0.4, -0.2) is 49.6 Å². The lowest BCUT2D eigenvalue weighted by molar-refractivity contribution is -0.134. The van der Waals surface area contributed by atoms with E-state index in [0.29, 0.717) is 32.1 Å². The van der Waals surface area contributed by atoms with Crippen molar-refractivity contribution in [2.45, 2.75) is 6.42 Å². The maximum atomic E-state index is 12.1. The SMILES string of the molecule is O=C1CN(C(=O)/C=C/c2ccc3c(c2)OCCCO3)CCN1. The van der Waals surface area contributed by atoms with Crippen molar-refractivity contribution in [2.75, 3.05) is 32.8 Å². The molecule has 3 rings (SSSR count). The molecular weight excluding hydrogens is 284 g/mol. The van der Waals surface area contributed by atoms with Gasteiger partial charge in [0.15, 0.2) is 11.5 Å². The highest BCUT2D eigenvalue weighted by molar-refractivity contribution is 5.95. The van der Waals surface area contributed by atoms with E-state index in [1.165, 1.54) is 11.0 Å². The van der Waals surface area contributed by atoms with Crippen LogP contribution in [0.5, 0.6) is 11.5 Å². The number of hydrogen-bond donors (Lipinski definition) is 1. The number of carbonyl (C=O) groups is 2. The van der Waals surface area contributed by atoms with Crippen LogP contribution in [0.4, 0.5) is 0 Å². The quantitative estimate of drug-likeness (QED) is 0.821. The topological polar surface area (TPSA) is 67.9 Å². The first kappa shape index (κ1) is 14.4. The lowest BCUT2D eigenvalue weighted by atomic mass is 10.2. The highest BCUT2D eigenvalue weighted by Gasteiger charge is 2.19. The predicted octanol–water partition coefficient (Wildman–Crippen LogP) is 0.819. The van der Waals surface area contributed by atoms with E-state index in [4.69, 9.17) is 9.47 Å². The van der Waals surface area contributed by atoms with Crippen LogP contribution in [0.25, 0.3) is 6.08 Å². The van der Waals surface area contributed by atoms with Gasteiger partial charge in [-0.25, -0.2) is 0 Å². The van der Waals surface area contributed by atoms with Gasteiger partial charge in [-0.15, -0.1) is 0 Å². The molecule has 0 unspecified atom stereocenters. The largest absolute Gasteiger partial charge is 0.490 e. The molecule has 1 aromatic carbocycles. The van der Waals surface area contributed by atoms with Crippen LogP contribution in [0.15, 0.2) is 24.3 Å². The summed E-state index contributed by atoms with van der Waals surface area (Å²) in [4.78, 5) is 24.9. The standard InChI is InChI=1S/C16H18N2O4/c19-15-11-18(7-6-17-15)16(20)5-3-12-2-4-13-14(10-12)22-9-1-8-21-13/h2-5,10H,1,6-9,11H2,(H,17,19)/b5-3+. The molecule has 2 amide bonds. The van der Waals surface area contributed by atoms with Crippen molar-refractivity contribution in [3.8, 4) is 11.5 Å². The molecule has 1 saturated heterocycles. The van der Waals surface area contributed by atoms with Crippen LogP contribution >= 0.6 is 0 Å². The molecule has 2 aliphatic rings. The van der Waals surface area contributed by atoms with Gasteiger partial charge < -0.3 is 19.7 Å². The van der Waals surface area contributed by atoms with Crippen LogP contribution in [0, 0.1) is 0 Å². The molecule has 1 fully saturated rings. The van der Waals surface area contributed by atoms with Gasteiger partial charge in [-0.2, -0.15) is 0 Å². The Kier molecular flexibility index (Phi) is 4.27. The fraction of sp³-hybridized carbons (Fsp3) is 0.375. The molecule has 6 nitrogen and oxygen atoms in total. The van der Waals surface area contributed by atoms with E-state index >= 15 is 0 Å². The van der Waals surface area contributed by atoms with Gasteiger partial charge in [-0.05, 0) is 23.8 Å². The number of piperazine rings is 1. The molecule has 2 aliphatic heterocycles. The number of hydrogen-bond acceptors (Lipinski definition) is 4. The number of rotatable bonds is 2. The third-order valence-electron chi connectivity index (χ3n) is 3.54. The molecule has 0 spiro atoms.